The molecule has 118 valence electrons. The van der Waals surface area contributed by atoms with Crippen LogP contribution in [-0.2, 0) is 16.1 Å². The molecule has 1 aromatic rings. The van der Waals surface area contributed by atoms with Crippen LogP contribution in [0.3, 0.4) is 0 Å². The highest BCUT2D eigenvalue weighted by Crippen LogP contribution is 2.30. The number of hydrogen-bond acceptors (Lipinski definition) is 3. The Morgan fingerprint density at radius 1 is 1.29 bits per heavy atom. The predicted molar refractivity (Wildman–Crippen MR) is 87.1 cm³/mol. The molecule has 1 amide bonds. The lowest BCUT2D eigenvalue weighted by Gasteiger charge is -2.30. The fraction of sp³-hybridized carbons (Fsp3) is 0.588. The fourth-order valence-electron chi connectivity index (χ4n) is 2.78. The summed E-state index contributed by atoms with van der Waals surface area (Å²) in [6.07, 6.45) is 3.55. The highest BCUT2D eigenvalue weighted by atomic mass is 16.5. The number of nitrogens with one attached hydrogen (secondary N) is 1. The maximum Gasteiger partial charge on any atom is 0.231 e. The lowest BCUT2D eigenvalue weighted by molar-refractivity contribution is -0.126. The van der Waals surface area contributed by atoms with Crippen molar-refractivity contribution in [3.8, 4) is 0 Å². The Morgan fingerprint density at radius 2 is 1.95 bits per heavy atom. The van der Waals surface area contributed by atoms with E-state index in [1.165, 1.54) is 0 Å². The number of carbonyl (C=O) groups excluding carboxylic acids is 1. The minimum atomic E-state index is -0.458. The summed E-state index contributed by atoms with van der Waals surface area (Å²) in [7, 11) is 1.66. The van der Waals surface area contributed by atoms with Gasteiger partial charge in [-0.3, -0.25) is 4.79 Å². The Kier molecular flexibility index (Phi) is 7.40. The van der Waals surface area contributed by atoms with Crippen LogP contribution in [0, 0.1) is 5.41 Å². The molecule has 1 aromatic carbocycles. The summed E-state index contributed by atoms with van der Waals surface area (Å²) in [4.78, 5) is 12.7. The molecule has 0 aromatic heterocycles. The van der Waals surface area contributed by atoms with E-state index >= 15 is 0 Å². The Labute approximate surface area is 128 Å². The third-order valence-electron chi connectivity index (χ3n) is 3.83. The predicted octanol–water partition coefficient (Wildman–Crippen LogP) is 3.32. The number of ether oxygens (including phenoxy) is 1. The molecule has 0 aliphatic heterocycles. The second-order valence-electron chi connectivity index (χ2n) is 5.57. The van der Waals surface area contributed by atoms with Gasteiger partial charge in [0, 0.05) is 19.3 Å². The van der Waals surface area contributed by atoms with Crippen molar-refractivity contribution in [3.05, 3.63) is 29.8 Å². The lowest BCUT2D eigenvalue weighted by Crippen LogP contribution is -2.42. The van der Waals surface area contributed by atoms with Crippen LogP contribution in [0.4, 0.5) is 5.69 Å². The third-order valence-corrected chi connectivity index (χ3v) is 3.83. The SMILES string of the molecule is CCCC(CN)(CCC)C(=O)Nc1cccc(COC)c1. The molecule has 0 heterocycles. The molecule has 0 bridgehead atoms. The Morgan fingerprint density at radius 3 is 2.48 bits per heavy atom. The number of hydrogen-bond donors (Lipinski definition) is 2. The summed E-state index contributed by atoms with van der Waals surface area (Å²) >= 11 is 0. The first-order chi connectivity index (χ1) is 10.1. The average Bonchev–Trinajstić information content (AvgIpc) is 2.47. The molecule has 0 radical (unpaired) electrons. The van der Waals surface area contributed by atoms with E-state index < -0.39 is 5.41 Å². The molecule has 3 N–H and O–H groups in total. The topological polar surface area (TPSA) is 64.4 Å². The highest BCUT2D eigenvalue weighted by Gasteiger charge is 2.35. The maximum absolute atomic E-state index is 12.7. The smallest absolute Gasteiger partial charge is 0.231 e. The molecule has 0 saturated carbocycles. The van der Waals surface area contributed by atoms with E-state index in [1.54, 1.807) is 7.11 Å². The van der Waals surface area contributed by atoms with E-state index in [4.69, 9.17) is 10.5 Å². The van der Waals surface area contributed by atoms with Gasteiger partial charge in [0.05, 0.1) is 12.0 Å². The molecule has 0 aliphatic carbocycles. The van der Waals surface area contributed by atoms with Crippen LogP contribution in [0.2, 0.25) is 0 Å². The molecule has 0 aliphatic rings. The highest BCUT2D eigenvalue weighted by molar-refractivity contribution is 5.95. The quantitative estimate of drug-likeness (QED) is 0.734. The van der Waals surface area contributed by atoms with E-state index in [9.17, 15) is 4.79 Å². The van der Waals surface area contributed by atoms with Gasteiger partial charge in [-0.25, -0.2) is 0 Å². The number of rotatable bonds is 9. The first-order valence-electron chi connectivity index (χ1n) is 7.71. The van der Waals surface area contributed by atoms with Crippen LogP contribution < -0.4 is 11.1 Å². The number of anilines is 1. The molecular weight excluding hydrogens is 264 g/mol. The summed E-state index contributed by atoms with van der Waals surface area (Å²) in [5, 5.41) is 3.03. The van der Waals surface area contributed by atoms with Crippen molar-refractivity contribution in [2.45, 2.75) is 46.1 Å². The van der Waals surface area contributed by atoms with Gasteiger partial charge in [-0.05, 0) is 30.5 Å². The van der Waals surface area contributed by atoms with Crippen LogP contribution in [-0.4, -0.2) is 19.6 Å². The molecule has 0 saturated heterocycles. The second-order valence-corrected chi connectivity index (χ2v) is 5.57. The average molecular weight is 292 g/mol. The fourth-order valence-corrected chi connectivity index (χ4v) is 2.78. The number of amides is 1. The van der Waals surface area contributed by atoms with Gasteiger partial charge in [0.1, 0.15) is 0 Å². The number of benzene rings is 1. The normalized spacial score (nSPS) is 11.4. The van der Waals surface area contributed by atoms with Gasteiger partial charge in [0.25, 0.3) is 0 Å². The molecule has 21 heavy (non-hydrogen) atoms. The van der Waals surface area contributed by atoms with Crippen molar-refractivity contribution in [3.63, 3.8) is 0 Å². The molecule has 0 atom stereocenters. The summed E-state index contributed by atoms with van der Waals surface area (Å²) in [6, 6.07) is 7.75. The van der Waals surface area contributed by atoms with Crippen molar-refractivity contribution in [1.29, 1.82) is 0 Å². The summed E-state index contributed by atoms with van der Waals surface area (Å²) in [6.45, 7) is 5.10. The van der Waals surface area contributed by atoms with E-state index in [0.717, 1.165) is 36.9 Å². The lowest BCUT2D eigenvalue weighted by atomic mass is 9.78. The van der Waals surface area contributed by atoms with Crippen molar-refractivity contribution < 1.29 is 9.53 Å². The van der Waals surface area contributed by atoms with Crippen LogP contribution in [0.5, 0.6) is 0 Å². The molecule has 0 spiro atoms. The van der Waals surface area contributed by atoms with Gasteiger partial charge >= 0.3 is 0 Å². The maximum atomic E-state index is 12.7. The van der Waals surface area contributed by atoms with Crippen LogP contribution in [0.15, 0.2) is 24.3 Å². The zero-order valence-corrected chi connectivity index (χ0v) is 13.4. The van der Waals surface area contributed by atoms with E-state index in [-0.39, 0.29) is 5.91 Å². The Hall–Kier alpha value is -1.39. The molecule has 0 fully saturated rings. The molecule has 0 unspecified atom stereocenters. The Balaban J connectivity index is 2.87. The monoisotopic (exact) mass is 292 g/mol. The van der Waals surface area contributed by atoms with E-state index in [0.29, 0.717) is 13.2 Å². The van der Waals surface area contributed by atoms with E-state index in [2.05, 4.69) is 19.2 Å². The van der Waals surface area contributed by atoms with E-state index in [1.807, 2.05) is 24.3 Å². The molecular formula is C17H28N2O2. The van der Waals surface area contributed by atoms with Gasteiger partial charge in [0.2, 0.25) is 5.91 Å². The van der Waals surface area contributed by atoms with Crippen molar-refractivity contribution >= 4 is 11.6 Å². The van der Waals surface area contributed by atoms with Gasteiger partial charge < -0.3 is 15.8 Å². The van der Waals surface area contributed by atoms with Crippen molar-refractivity contribution in [2.75, 3.05) is 19.0 Å². The first kappa shape index (κ1) is 17.7. The number of nitrogens with two attached hydrogens (primary N) is 1. The largest absolute Gasteiger partial charge is 0.380 e. The molecule has 1 rings (SSSR count). The second kappa shape index (κ2) is 8.80. The van der Waals surface area contributed by atoms with Crippen LogP contribution in [0.1, 0.15) is 45.1 Å². The minimum absolute atomic E-state index is 0.0308. The van der Waals surface area contributed by atoms with Crippen molar-refractivity contribution in [2.24, 2.45) is 11.1 Å². The van der Waals surface area contributed by atoms with Gasteiger partial charge in [-0.2, -0.15) is 0 Å². The van der Waals surface area contributed by atoms with Crippen LogP contribution >= 0.6 is 0 Å². The van der Waals surface area contributed by atoms with Gasteiger partial charge in [-0.1, -0.05) is 38.8 Å². The summed E-state index contributed by atoms with van der Waals surface area (Å²) < 4.78 is 5.12. The minimum Gasteiger partial charge on any atom is -0.380 e. The molecule has 4 heteroatoms. The standard InChI is InChI=1S/C17H28N2O2/c1-4-9-17(13-18,10-5-2)16(20)19-15-8-6-7-14(11-15)12-21-3/h6-8,11H,4-5,9-10,12-13,18H2,1-3H3,(H,19,20). The summed E-state index contributed by atoms with van der Waals surface area (Å²) in [5.74, 6) is 0.0308. The first-order valence-corrected chi connectivity index (χ1v) is 7.71. The van der Waals surface area contributed by atoms with Gasteiger partial charge in [0.15, 0.2) is 0 Å². The Bertz CT molecular complexity index is 440. The zero-order valence-electron chi connectivity index (χ0n) is 13.4. The summed E-state index contributed by atoms with van der Waals surface area (Å²) in [5.41, 5.74) is 7.32. The van der Waals surface area contributed by atoms with Crippen molar-refractivity contribution in [1.82, 2.24) is 0 Å². The van der Waals surface area contributed by atoms with Crippen LogP contribution in [0.25, 0.3) is 0 Å². The number of methoxy groups -OCH3 is 1. The molecule has 4 nitrogen and oxygen atoms in total. The zero-order chi connectivity index (χ0) is 15.7. The number of carbonyl (C=O) groups is 1. The van der Waals surface area contributed by atoms with Gasteiger partial charge in [-0.15, -0.1) is 0 Å². The third kappa shape index (κ3) is 4.83.